The summed E-state index contributed by atoms with van der Waals surface area (Å²) in [5.41, 5.74) is 6.98. The zero-order valence-electron chi connectivity index (χ0n) is 13.6. The molecule has 0 fully saturated rings. The number of ether oxygens (including phenoxy) is 1. The summed E-state index contributed by atoms with van der Waals surface area (Å²) in [6, 6.07) is 3.19. The average Bonchev–Trinajstić information content (AvgIpc) is 2.46. The van der Waals surface area contributed by atoms with Crippen LogP contribution in [0.1, 0.15) is 33.6 Å². The fourth-order valence-corrected chi connectivity index (χ4v) is 2.35. The predicted molar refractivity (Wildman–Crippen MR) is 87.5 cm³/mol. The third kappa shape index (κ3) is 5.42. The summed E-state index contributed by atoms with van der Waals surface area (Å²) in [6.45, 7) is 9.73. The van der Waals surface area contributed by atoms with Gasteiger partial charge in [0.2, 0.25) is 0 Å². The van der Waals surface area contributed by atoms with Crippen LogP contribution in [0.3, 0.4) is 0 Å². The summed E-state index contributed by atoms with van der Waals surface area (Å²) >= 11 is 0. The van der Waals surface area contributed by atoms with Crippen molar-refractivity contribution in [2.45, 2.75) is 39.7 Å². The first-order valence-electron chi connectivity index (χ1n) is 7.63. The molecule has 0 radical (unpaired) electrons. The number of rotatable bonds is 9. The highest BCUT2D eigenvalue weighted by molar-refractivity contribution is 5.68. The lowest BCUT2D eigenvalue weighted by Crippen LogP contribution is -2.25. The summed E-state index contributed by atoms with van der Waals surface area (Å²) in [4.78, 5) is 2.40. The van der Waals surface area contributed by atoms with Crippen molar-refractivity contribution in [3.63, 3.8) is 0 Å². The van der Waals surface area contributed by atoms with Crippen LogP contribution in [0, 0.1) is 5.82 Å². The highest BCUT2D eigenvalue weighted by Gasteiger charge is 2.11. The lowest BCUT2D eigenvalue weighted by molar-refractivity contribution is 0.295. The fraction of sp³-hybridized carbons (Fsp3) is 0.625. The van der Waals surface area contributed by atoms with E-state index < -0.39 is 5.82 Å². The maximum absolute atomic E-state index is 13.5. The monoisotopic (exact) mass is 297 g/mol. The summed E-state index contributed by atoms with van der Waals surface area (Å²) < 4.78 is 18.5. The van der Waals surface area contributed by atoms with E-state index in [9.17, 15) is 4.39 Å². The van der Waals surface area contributed by atoms with Gasteiger partial charge in [0.1, 0.15) is 0 Å². The Kier molecular flexibility index (Phi) is 7.29. The van der Waals surface area contributed by atoms with E-state index in [1.807, 2.05) is 0 Å². The predicted octanol–water partition coefficient (Wildman–Crippen LogP) is 3.34. The van der Waals surface area contributed by atoms with Crippen LogP contribution in [0.2, 0.25) is 0 Å². The zero-order chi connectivity index (χ0) is 15.8. The van der Waals surface area contributed by atoms with Gasteiger partial charge in [0, 0.05) is 18.2 Å². The first-order chi connectivity index (χ1) is 10.0. The van der Waals surface area contributed by atoms with Crippen LogP contribution >= 0.6 is 0 Å². The van der Waals surface area contributed by atoms with Gasteiger partial charge in [0.15, 0.2) is 11.6 Å². The van der Waals surface area contributed by atoms with Crippen LogP contribution in [0.4, 0.5) is 15.8 Å². The molecule has 0 aliphatic carbocycles. The first kappa shape index (κ1) is 17.6. The van der Waals surface area contributed by atoms with Crippen molar-refractivity contribution >= 4 is 11.4 Å². The van der Waals surface area contributed by atoms with E-state index in [1.165, 1.54) is 13.2 Å². The molecule has 0 bridgehead atoms. The normalized spacial score (nSPS) is 12.5. The first-order valence-corrected chi connectivity index (χ1v) is 7.63. The molecule has 1 aromatic rings. The molecule has 0 amide bonds. The van der Waals surface area contributed by atoms with Gasteiger partial charge in [-0.05, 0) is 39.4 Å². The molecule has 0 aromatic heterocycles. The highest BCUT2D eigenvalue weighted by atomic mass is 19.1. The Hall–Kier alpha value is -1.49. The van der Waals surface area contributed by atoms with Gasteiger partial charge in [0.25, 0.3) is 0 Å². The maximum atomic E-state index is 13.5. The van der Waals surface area contributed by atoms with Crippen LogP contribution in [0.25, 0.3) is 0 Å². The summed E-state index contributed by atoms with van der Waals surface area (Å²) in [5, 5.41) is 3.33. The molecule has 120 valence electrons. The van der Waals surface area contributed by atoms with E-state index in [0.717, 1.165) is 38.2 Å². The van der Waals surface area contributed by atoms with Crippen molar-refractivity contribution in [3.05, 3.63) is 17.9 Å². The molecule has 1 rings (SSSR count). The molecule has 3 N–H and O–H groups in total. The zero-order valence-corrected chi connectivity index (χ0v) is 13.6. The number of nitrogen functional groups attached to an aromatic ring is 1. The molecule has 0 saturated heterocycles. The second kappa shape index (κ2) is 8.72. The van der Waals surface area contributed by atoms with Gasteiger partial charge < -0.3 is 20.7 Å². The number of methoxy groups -OCH3 is 1. The largest absolute Gasteiger partial charge is 0.494 e. The van der Waals surface area contributed by atoms with E-state index in [4.69, 9.17) is 10.5 Å². The van der Waals surface area contributed by atoms with E-state index in [2.05, 4.69) is 31.0 Å². The topological polar surface area (TPSA) is 50.5 Å². The quantitative estimate of drug-likeness (QED) is 0.686. The number of hydrogen-bond donors (Lipinski definition) is 2. The fourth-order valence-electron chi connectivity index (χ4n) is 2.35. The Morgan fingerprint density at radius 2 is 2.00 bits per heavy atom. The second-order valence-corrected chi connectivity index (χ2v) is 5.29. The smallest absolute Gasteiger partial charge is 0.167 e. The molecule has 21 heavy (non-hydrogen) atoms. The number of anilines is 2. The molecule has 1 unspecified atom stereocenters. The van der Waals surface area contributed by atoms with Gasteiger partial charge in [-0.3, -0.25) is 0 Å². The third-order valence-corrected chi connectivity index (χ3v) is 3.73. The summed E-state index contributed by atoms with van der Waals surface area (Å²) in [6.07, 6.45) is 2.16. The molecule has 0 heterocycles. The Balaban J connectivity index is 2.53. The Morgan fingerprint density at radius 3 is 2.57 bits per heavy atom. The number of benzene rings is 1. The van der Waals surface area contributed by atoms with Crippen LogP contribution in [0.5, 0.6) is 5.75 Å². The van der Waals surface area contributed by atoms with Gasteiger partial charge in [0.05, 0.1) is 18.5 Å². The van der Waals surface area contributed by atoms with Crippen LogP contribution in [-0.4, -0.2) is 37.7 Å². The lowest BCUT2D eigenvalue weighted by atomic mass is 10.1. The number of hydrogen-bond acceptors (Lipinski definition) is 4. The lowest BCUT2D eigenvalue weighted by Gasteiger charge is -2.21. The molecule has 0 spiro atoms. The molecule has 1 atom stereocenters. The molecule has 5 heteroatoms. The Labute approximate surface area is 127 Å². The minimum absolute atomic E-state index is 0.210. The van der Waals surface area contributed by atoms with Crippen LogP contribution in [-0.2, 0) is 0 Å². The van der Waals surface area contributed by atoms with Crippen molar-refractivity contribution in [1.82, 2.24) is 4.90 Å². The molecular formula is C16H28FN3O. The second-order valence-electron chi connectivity index (χ2n) is 5.29. The number of nitrogens with one attached hydrogen (secondary N) is 1. The minimum Gasteiger partial charge on any atom is -0.494 e. The van der Waals surface area contributed by atoms with E-state index in [-0.39, 0.29) is 11.8 Å². The van der Waals surface area contributed by atoms with Crippen molar-refractivity contribution in [1.29, 1.82) is 0 Å². The molecule has 0 saturated carbocycles. The molecule has 0 aliphatic rings. The van der Waals surface area contributed by atoms with Crippen molar-refractivity contribution < 1.29 is 9.13 Å². The number of nitrogens with zero attached hydrogens (tertiary/aromatic N) is 1. The Bertz CT molecular complexity index is 436. The van der Waals surface area contributed by atoms with E-state index in [0.29, 0.717) is 5.69 Å². The van der Waals surface area contributed by atoms with E-state index in [1.54, 1.807) is 6.07 Å². The minimum atomic E-state index is -0.435. The molecule has 1 aromatic carbocycles. The summed E-state index contributed by atoms with van der Waals surface area (Å²) in [7, 11) is 1.45. The standard InChI is InChI=1S/C16H28FN3O/c1-5-20(6-2)9-7-8-12(3)19-15-11-16(21-4)13(17)10-14(15)18/h10-12,19H,5-9,18H2,1-4H3. The van der Waals surface area contributed by atoms with Gasteiger partial charge in [-0.25, -0.2) is 4.39 Å². The van der Waals surface area contributed by atoms with Crippen LogP contribution < -0.4 is 15.8 Å². The molecular weight excluding hydrogens is 269 g/mol. The number of nitrogens with two attached hydrogens (primary N) is 1. The Morgan fingerprint density at radius 1 is 1.33 bits per heavy atom. The van der Waals surface area contributed by atoms with Gasteiger partial charge in [-0.2, -0.15) is 0 Å². The van der Waals surface area contributed by atoms with Crippen molar-refractivity contribution in [2.75, 3.05) is 37.8 Å². The third-order valence-electron chi connectivity index (χ3n) is 3.73. The van der Waals surface area contributed by atoms with Gasteiger partial charge >= 0.3 is 0 Å². The van der Waals surface area contributed by atoms with Crippen molar-refractivity contribution in [2.24, 2.45) is 0 Å². The van der Waals surface area contributed by atoms with E-state index >= 15 is 0 Å². The van der Waals surface area contributed by atoms with Gasteiger partial charge in [-0.1, -0.05) is 13.8 Å². The maximum Gasteiger partial charge on any atom is 0.167 e. The number of halogens is 1. The molecule has 4 nitrogen and oxygen atoms in total. The highest BCUT2D eigenvalue weighted by Crippen LogP contribution is 2.28. The van der Waals surface area contributed by atoms with Crippen LogP contribution in [0.15, 0.2) is 12.1 Å². The van der Waals surface area contributed by atoms with Gasteiger partial charge in [-0.15, -0.1) is 0 Å². The SMILES string of the molecule is CCN(CC)CCCC(C)Nc1cc(OC)c(F)cc1N. The van der Waals surface area contributed by atoms with Crippen molar-refractivity contribution in [3.8, 4) is 5.75 Å². The average molecular weight is 297 g/mol. The summed E-state index contributed by atoms with van der Waals surface area (Å²) in [5.74, 6) is -0.225. The molecule has 0 aliphatic heterocycles.